The van der Waals surface area contributed by atoms with Crippen LogP contribution in [0.1, 0.15) is 31.0 Å². The third-order valence-electron chi connectivity index (χ3n) is 4.93. The number of thioether (sulfide) groups is 1. The second kappa shape index (κ2) is 9.39. The van der Waals surface area contributed by atoms with Gasteiger partial charge in [-0.05, 0) is 49.1 Å². The quantitative estimate of drug-likeness (QED) is 0.457. The zero-order valence-corrected chi connectivity index (χ0v) is 19.3. The van der Waals surface area contributed by atoms with E-state index < -0.39 is 0 Å². The highest BCUT2D eigenvalue weighted by molar-refractivity contribution is 8.16. The summed E-state index contributed by atoms with van der Waals surface area (Å²) >= 11 is 14.0. The smallest absolute Gasteiger partial charge is 0.338 e. The molecule has 4 rings (SSSR count). The first kappa shape index (κ1) is 21.8. The normalized spacial score (nSPS) is 17.5. The van der Waals surface area contributed by atoms with Crippen LogP contribution in [0.25, 0.3) is 0 Å². The molecule has 0 radical (unpaired) electrons. The van der Waals surface area contributed by atoms with Crippen molar-refractivity contribution in [2.45, 2.75) is 26.5 Å². The van der Waals surface area contributed by atoms with Crippen LogP contribution in [0.15, 0.2) is 70.3 Å². The molecular formula is C23H20Cl2N2O3S. The number of nitrogens with zero attached hydrogens (tertiary/aromatic N) is 2. The summed E-state index contributed by atoms with van der Waals surface area (Å²) in [7, 11) is 0. The van der Waals surface area contributed by atoms with E-state index in [0.717, 1.165) is 16.3 Å². The van der Waals surface area contributed by atoms with Gasteiger partial charge in [0.05, 0.1) is 23.9 Å². The molecule has 0 bridgehead atoms. The van der Waals surface area contributed by atoms with Gasteiger partial charge >= 0.3 is 5.97 Å². The molecule has 1 atom stereocenters. The van der Waals surface area contributed by atoms with Crippen molar-refractivity contribution in [2.24, 2.45) is 4.99 Å². The summed E-state index contributed by atoms with van der Waals surface area (Å²) in [5, 5.41) is 3.88. The summed E-state index contributed by atoms with van der Waals surface area (Å²) in [6.07, 6.45) is 1.93. The highest BCUT2D eigenvalue weighted by Crippen LogP contribution is 2.41. The fourth-order valence-corrected chi connectivity index (χ4v) is 4.80. The van der Waals surface area contributed by atoms with E-state index in [1.807, 2.05) is 47.7 Å². The van der Waals surface area contributed by atoms with Crippen molar-refractivity contribution in [3.8, 4) is 5.75 Å². The first-order valence-electron chi connectivity index (χ1n) is 9.73. The van der Waals surface area contributed by atoms with E-state index in [1.165, 1.54) is 11.8 Å². The summed E-state index contributed by atoms with van der Waals surface area (Å²) in [4.78, 5) is 19.3. The minimum absolute atomic E-state index is 0.235. The van der Waals surface area contributed by atoms with Crippen LogP contribution in [-0.4, -0.2) is 22.6 Å². The molecular weight excluding hydrogens is 455 g/mol. The SMILES string of the molecule is CCOC(=O)C1=C(C)N=C2SC=CN2[C@H]1c1cccc(OCc2c(Cl)cccc2Cl)c1. The summed E-state index contributed by atoms with van der Waals surface area (Å²) in [5.74, 6) is 0.279. The molecule has 0 aromatic heterocycles. The number of amidine groups is 1. The van der Waals surface area contributed by atoms with Crippen LogP contribution in [-0.2, 0) is 16.1 Å². The number of carbonyl (C=O) groups is 1. The molecule has 0 unspecified atom stereocenters. The second-order valence-electron chi connectivity index (χ2n) is 6.89. The zero-order chi connectivity index (χ0) is 22.0. The van der Waals surface area contributed by atoms with Crippen LogP contribution in [0, 0.1) is 0 Å². The number of benzene rings is 2. The number of ether oxygens (including phenoxy) is 2. The third kappa shape index (κ3) is 4.47. The van der Waals surface area contributed by atoms with Gasteiger partial charge < -0.3 is 14.4 Å². The van der Waals surface area contributed by atoms with E-state index in [2.05, 4.69) is 4.99 Å². The van der Waals surface area contributed by atoms with E-state index >= 15 is 0 Å². The highest BCUT2D eigenvalue weighted by atomic mass is 35.5. The van der Waals surface area contributed by atoms with Crippen LogP contribution in [0.5, 0.6) is 5.75 Å². The molecule has 2 aromatic carbocycles. The van der Waals surface area contributed by atoms with Crippen LogP contribution < -0.4 is 4.74 Å². The molecule has 0 N–H and O–H groups in total. The highest BCUT2D eigenvalue weighted by Gasteiger charge is 2.37. The predicted octanol–water partition coefficient (Wildman–Crippen LogP) is 6.34. The second-order valence-corrected chi connectivity index (χ2v) is 8.58. The molecule has 2 aliphatic heterocycles. The molecule has 0 spiro atoms. The predicted molar refractivity (Wildman–Crippen MR) is 125 cm³/mol. The Bertz CT molecular complexity index is 1090. The van der Waals surface area contributed by atoms with E-state index in [4.69, 9.17) is 32.7 Å². The van der Waals surface area contributed by atoms with Crippen molar-refractivity contribution in [3.63, 3.8) is 0 Å². The molecule has 31 heavy (non-hydrogen) atoms. The van der Waals surface area contributed by atoms with Gasteiger partial charge in [-0.25, -0.2) is 9.79 Å². The molecule has 0 saturated heterocycles. The Morgan fingerprint density at radius 2 is 1.94 bits per heavy atom. The Balaban J connectivity index is 1.65. The number of fused-ring (bicyclic) bond motifs is 1. The minimum atomic E-state index is -0.368. The largest absolute Gasteiger partial charge is 0.489 e. The number of esters is 1. The van der Waals surface area contributed by atoms with Gasteiger partial charge in [-0.2, -0.15) is 0 Å². The average molecular weight is 475 g/mol. The maximum atomic E-state index is 12.8. The van der Waals surface area contributed by atoms with Gasteiger partial charge in [0, 0.05) is 21.8 Å². The Morgan fingerprint density at radius 1 is 1.19 bits per heavy atom. The lowest BCUT2D eigenvalue weighted by atomic mass is 9.94. The Hall–Kier alpha value is -2.41. The van der Waals surface area contributed by atoms with Crippen molar-refractivity contribution in [2.75, 3.05) is 6.61 Å². The lowest BCUT2D eigenvalue weighted by Crippen LogP contribution is -2.34. The van der Waals surface area contributed by atoms with Crippen LogP contribution in [0.2, 0.25) is 10.0 Å². The average Bonchev–Trinajstić information content (AvgIpc) is 3.20. The van der Waals surface area contributed by atoms with Gasteiger partial charge in [-0.1, -0.05) is 53.2 Å². The van der Waals surface area contributed by atoms with E-state index in [-0.39, 0.29) is 18.6 Å². The lowest BCUT2D eigenvalue weighted by molar-refractivity contribution is -0.139. The molecule has 0 saturated carbocycles. The topological polar surface area (TPSA) is 51.1 Å². The number of hydrogen-bond acceptors (Lipinski definition) is 6. The molecule has 2 heterocycles. The van der Waals surface area contributed by atoms with Crippen molar-refractivity contribution >= 4 is 46.1 Å². The summed E-state index contributed by atoms with van der Waals surface area (Å²) < 4.78 is 11.3. The van der Waals surface area contributed by atoms with Crippen molar-refractivity contribution in [1.29, 1.82) is 0 Å². The van der Waals surface area contributed by atoms with Crippen molar-refractivity contribution < 1.29 is 14.3 Å². The number of aliphatic imine (C=N–C) groups is 1. The fourth-order valence-electron chi connectivity index (χ4n) is 3.50. The number of hydrogen-bond donors (Lipinski definition) is 0. The molecule has 8 heteroatoms. The Labute approximate surface area is 195 Å². The van der Waals surface area contributed by atoms with E-state index in [0.29, 0.717) is 33.7 Å². The summed E-state index contributed by atoms with van der Waals surface area (Å²) in [6, 6.07) is 12.6. The number of rotatable bonds is 6. The number of halogens is 2. The lowest BCUT2D eigenvalue weighted by Gasteiger charge is -2.33. The number of carbonyl (C=O) groups excluding carboxylic acids is 1. The number of allylic oxidation sites excluding steroid dienone is 1. The van der Waals surface area contributed by atoms with Gasteiger partial charge in [0.2, 0.25) is 0 Å². The van der Waals surface area contributed by atoms with Crippen LogP contribution in [0.3, 0.4) is 0 Å². The van der Waals surface area contributed by atoms with Crippen LogP contribution >= 0.6 is 35.0 Å². The minimum Gasteiger partial charge on any atom is -0.489 e. The van der Waals surface area contributed by atoms with Gasteiger partial charge in [0.25, 0.3) is 0 Å². The van der Waals surface area contributed by atoms with Crippen molar-refractivity contribution in [1.82, 2.24) is 4.90 Å². The monoisotopic (exact) mass is 474 g/mol. The molecule has 2 aliphatic rings. The van der Waals surface area contributed by atoms with E-state index in [1.54, 1.807) is 25.1 Å². The fraction of sp³-hybridized carbons (Fsp3) is 0.217. The first-order valence-corrected chi connectivity index (χ1v) is 11.4. The van der Waals surface area contributed by atoms with E-state index in [9.17, 15) is 4.79 Å². The molecule has 0 aliphatic carbocycles. The molecule has 2 aromatic rings. The molecule has 0 amide bonds. The molecule has 160 valence electrons. The van der Waals surface area contributed by atoms with Gasteiger partial charge in [0.15, 0.2) is 5.17 Å². The van der Waals surface area contributed by atoms with Gasteiger partial charge in [0.1, 0.15) is 12.4 Å². The van der Waals surface area contributed by atoms with Gasteiger partial charge in [-0.15, -0.1) is 0 Å². The summed E-state index contributed by atoms with van der Waals surface area (Å²) in [6.45, 7) is 4.16. The van der Waals surface area contributed by atoms with Gasteiger partial charge in [-0.3, -0.25) is 0 Å². The maximum Gasteiger partial charge on any atom is 0.338 e. The molecule has 5 nitrogen and oxygen atoms in total. The standard InChI is InChI=1S/C23H20Cl2N2O3S/c1-3-29-22(28)20-14(2)26-23-27(10-11-31-23)21(20)15-6-4-7-16(12-15)30-13-17-18(24)8-5-9-19(17)25/h4-12,21H,3,13H2,1-2H3/t21-/m0/s1. The third-order valence-corrected chi connectivity index (χ3v) is 6.41. The van der Waals surface area contributed by atoms with Crippen molar-refractivity contribution in [3.05, 3.63) is 86.5 Å². The maximum absolute atomic E-state index is 12.8. The summed E-state index contributed by atoms with van der Waals surface area (Å²) in [5.41, 5.74) is 2.79. The van der Waals surface area contributed by atoms with Crippen LogP contribution in [0.4, 0.5) is 0 Å². The first-order chi connectivity index (χ1) is 15.0. The zero-order valence-electron chi connectivity index (χ0n) is 17.0. The molecule has 0 fully saturated rings. The Kier molecular flexibility index (Phi) is 6.60. The Morgan fingerprint density at radius 3 is 2.68 bits per heavy atom.